The van der Waals surface area contributed by atoms with E-state index in [-0.39, 0.29) is 24.3 Å². The van der Waals surface area contributed by atoms with Gasteiger partial charge in [0.25, 0.3) is 0 Å². The Balaban J connectivity index is 1.94. The second-order valence-electron chi connectivity index (χ2n) is 6.65. The van der Waals surface area contributed by atoms with Crippen LogP contribution in [0.4, 0.5) is 27.6 Å². The average molecular weight is 412 g/mol. The summed E-state index contributed by atoms with van der Waals surface area (Å²) in [5.41, 5.74) is -0.945. The zero-order valence-corrected chi connectivity index (χ0v) is 15.0. The number of anilines is 1. The number of carbonyl (C=O) groups excluding carboxylic acids is 2. The molecule has 1 N–H and O–H groups in total. The lowest BCUT2D eigenvalue weighted by molar-refractivity contribution is -0.137. The number of likely N-dealkylation sites (tertiary alicyclic amines) is 1. The highest BCUT2D eigenvalue weighted by molar-refractivity contribution is 6.08. The van der Waals surface area contributed by atoms with Crippen LogP contribution in [0.3, 0.4) is 0 Å². The maximum atomic E-state index is 13.9. The fourth-order valence-electron chi connectivity index (χ4n) is 3.42. The van der Waals surface area contributed by atoms with Gasteiger partial charge in [0.1, 0.15) is 18.4 Å². The predicted molar refractivity (Wildman–Crippen MR) is 95.3 cm³/mol. The molecule has 2 aromatic carbocycles. The molecule has 2 amide bonds. The summed E-state index contributed by atoms with van der Waals surface area (Å²) >= 11 is 0. The van der Waals surface area contributed by atoms with Crippen LogP contribution >= 0.6 is 0 Å². The summed E-state index contributed by atoms with van der Waals surface area (Å²) in [6, 6.07) is 9.64. The molecule has 0 aliphatic carbocycles. The Morgan fingerprint density at radius 3 is 2.52 bits per heavy atom. The average Bonchev–Trinajstić information content (AvgIpc) is 3.00. The van der Waals surface area contributed by atoms with E-state index in [4.69, 9.17) is 0 Å². The van der Waals surface area contributed by atoms with Crippen molar-refractivity contribution in [3.63, 3.8) is 0 Å². The van der Waals surface area contributed by atoms with Crippen molar-refractivity contribution in [3.05, 3.63) is 65.5 Å². The van der Waals surface area contributed by atoms with Crippen LogP contribution in [0.5, 0.6) is 0 Å². The second-order valence-corrected chi connectivity index (χ2v) is 6.65. The van der Waals surface area contributed by atoms with Gasteiger partial charge in [0, 0.05) is 19.0 Å². The maximum Gasteiger partial charge on any atom is 0.416 e. The van der Waals surface area contributed by atoms with Gasteiger partial charge in [-0.05, 0) is 23.8 Å². The number of carbonyl (C=O) groups is 2. The van der Waals surface area contributed by atoms with Crippen LogP contribution in [0.1, 0.15) is 17.0 Å². The molecule has 0 saturated carbocycles. The van der Waals surface area contributed by atoms with Crippen LogP contribution in [0.15, 0.2) is 48.5 Å². The van der Waals surface area contributed by atoms with E-state index in [1.807, 2.05) is 0 Å². The Kier molecular flexibility index (Phi) is 5.86. The third-order valence-electron chi connectivity index (χ3n) is 4.81. The molecule has 1 fully saturated rings. The van der Waals surface area contributed by atoms with E-state index < -0.39 is 47.9 Å². The molecule has 2 aromatic rings. The summed E-state index contributed by atoms with van der Waals surface area (Å²) in [4.78, 5) is 26.5. The second kappa shape index (κ2) is 8.18. The van der Waals surface area contributed by atoms with Crippen LogP contribution in [-0.2, 0) is 15.8 Å². The summed E-state index contributed by atoms with van der Waals surface area (Å²) in [7, 11) is 0. The van der Waals surface area contributed by atoms with Crippen molar-refractivity contribution < 1.29 is 31.5 Å². The van der Waals surface area contributed by atoms with Crippen molar-refractivity contribution in [1.29, 1.82) is 0 Å². The van der Waals surface area contributed by atoms with Crippen molar-refractivity contribution in [2.45, 2.75) is 12.1 Å². The van der Waals surface area contributed by atoms with E-state index in [0.717, 1.165) is 23.1 Å². The van der Waals surface area contributed by atoms with Gasteiger partial charge in [-0.1, -0.05) is 30.3 Å². The quantitative estimate of drug-likeness (QED) is 0.596. The minimum Gasteiger partial charge on any atom is -0.339 e. The predicted octanol–water partition coefficient (Wildman–Crippen LogP) is 3.99. The number of para-hydroxylation sites is 1. The molecule has 1 heterocycles. The zero-order valence-electron chi connectivity index (χ0n) is 15.0. The number of alkyl halides is 4. The topological polar surface area (TPSA) is 49.4 Å². The van der Waals surface area contributed by atoms with Gasteiger partial charge in [0.05, 0.1) is 11.3 Å². The third kappa shape index (κ3) is 4.38. The summed E-state index contributed by atoms with van der Waals surface area (Å²) in [6.07, 6.45) is -4.60. The normalized spacial score (nSPS) is 19.5. The molecule has 0 spiro atoms. The van der Waals surface area contributed by atoms with E-state index in [2.05, 4.69) is 5.32 Å². The van der Waals surface area contributed by atoms with Crippen molar-refractivity contribution >= 4 is 17.5 Å². The van der Waals surface area contributed by atoms with Crippen LogP contribution in [0.25, 0.3) is 0 Å². The van der Waals surface area contributed by atoms with E-state index >= 15 is 0 Å². The number of hydrogen-bond acceptors (Lipinski definition) is 2. The lowest BCUT2D eigenvalue weighted by atomic mass is 9.87. The molecule has 154 valence electrons. The Hall–Kier alpha value is -2.97. The van der Waals surface area contributed by atoms with Gasteiger partial charge in [-0.2, -0.15) is 13.2 Å². The molecule has 2 atom stereocenters. The molecular formula is C20H17F5N2O2. The van der Waals surface area contributed by atoms with Gasteiger partial charge in [-0.25, -0.2) is 8.78 Å². The first-order valence-corrected chi connectivity index (χ1v) is 8.79. The summed E-state index contributed by atoms with van der Waals surface area (Å²) in [5.74, 6) is -4.61. The smallest absolute Gasteiger partial charge is 0.339 e. The lowest BCUT2D eigenvalue weighted by Gasteiger charge is -2.18. The zero-order chi connectivity index (χ0) is 21.2. The number of hydrogen-bond donors (Lipinski definition) is 1. The van der Waals surface area contributed by atoms with E-state index in [1.165, 1.54) is 30.3 Å². The van der Waals surface area contributed by atoms with E-state index in [9.17, 15) is 31.5 Å². The molecule has 9 heteroatoms. The van der Waals surface area contributed by atoms with Crippen LogP contribution in [0, 0.1) is 11.7 Å². The Morgan fingerprint density at radius 2 is 1.86 bits per heavy atom. The molecule has 1 aliphatic heterocycles. The Morgan fingerprint density at radius 1 is 1.14 bits per heavy atom. The molecule has 2 unspecified atom stereocenters. The first kappa shape index (κ1) is 20.8. The lowest BCUT2D eigenvalue weighted by Crippen LogP contribution is -2.35. The van der Waals surface area contributed by atoms with E-state index in [1.54, 1.807) is 0 Å². The Labute approximate surface area is 163 Å². The fourth-order valence-corrected chi connectivity index (χ4v) is 3.42. The number of amides is 2. The van der Waals surface area contributed by atoms with E-state index in [0.29, 0.717) is 0 Å². The first-order chi connectivity index (χ1) is 13.7. The Bertz CT molecular complexity index is 916. The SMILES string of the molecule is O=C(Nc1ccccc1F)C1C(=O)N(CCF)CC1c1cccc(C(F)(F)F)c1. The number of rotatable bonds is 5. The van der Waals surface area contributed by atoms with Gasteiger partial charge in [0.2, 0.25) is 11.8 Å². The molecule has 1 aliphatic rings. The van der Waals surface area contributed by atoms with Gasteiger partial charge in [0.15, 0.2) is 0 Å². The van der Waals surface area contributed by atoms with Crippen LogP contribution in [-0.4, -0.2) is 36.5 Å². The number of benzene rings is 2. The van der Waals surface area contributed by atoms with Crippen molar-refractivity contribution in [3.8, 4) is 0 Å². The van der Waals surface area contributed by atoms with Gasteiger partial charge >= 0.3 is 6.18 Å². The highest BCUT2D eigenvalue weighted by Gasteiger charge is 2.46. The minimum atomic E-state index is -4.60. The molecule has 1 saturated heterocycles. The fraction of sp³-hybridized carbons (Fsp3) is 0.300. The summed E-state index contributed by atoms with van der Waals surface area (Å²) in [5, 5.41) is 2.31. The maximum absolute atomic E-state index is 13.9. The van der Waals surface area contributed by atoms with Crippen molar-refractivity contribution in [1.82, 2.24) is 4.90 Å². The van der Waals surface area contributed by atoms with Crippen molar-refractivity contribution in [2.75, 3.05) is 25.1 Å². The highest BCUT2D eigenvalue weighted by atomic mass is 19.4. The molecular weight excluding hydrogens is 395 g/mol. The molecule has 0 aromatic heterocycles. The summed E-state index contributed by atoms with van der Waals surface area (Å²) in [6.45, 7) is -1.25. The standard InChI is InChI=1S/C20H17F5N2O2/c21-8-9-27-11-14(12-4-3-5-13(10-12)20(23,24)25)17(19(27)29)18(28)26-16-7-2-1-6-15(16)22/h1-7,10,14,17H,8-9,11H2,(H,26,28). The van der Waals surface area contributed by atoms with Gasteiger partial charge in [-0.15, -0.1) is 0 Å². The molecule has 0 bridgehead atoms. The van der Waals surface area contributed by atoms with Gasteiger partial charge in [-0.3, -0.25) is 9.59 Å². The number of halogens is 5. The number of nitrogens with zero attached hydrogens (tertiary/aromatic N) is 1. The van der Waals surface area contributed by atoms with Crippen molar-refractivity contribution in [2.24, 2.45) is 5.92 Å². The van der Waals surface area contributed by atoms with Crippen LogP contribution < -0.4 is 5.32 Å². The third-order valence-corrected chi connectivity index (χ3v) is 4.81. The summed E-state index contributed by atoms with van der Waals surface area (Å²) < 4.78 is 65.9. The number of nitrogens with one attached hydrogen (secondary N) is 1. The molecule has 29 heavy (non-hydrogen) atoms. The minimum absolute atomic E-state index is 0.112. The van der Waals surface area contributed by atoms with Crippen LogP contribution in [0.2, 0.25) is 0 Å². The van der Waals surface area contributed by atoms with Gasteiger partial charge < -0.3 is 10.2 Å². The monoisotopic (exact) mass is 412 g/mol. The molecule has 3 rings (SSSR count). The first-order valence-electron chi connectivity index (χ1n) is 8.79. The highest BCUT2D eigenvalue weighted by Crippen LogP contribution is 2.37. The largest absolute Gasteiger partial charge is 0.416 e. The molecule has 4 nitrogen and oxygen atoms in total. The molecule has 0 radical (unpaired) electrons.